The highest BCUT2D eigenvalue weighted by molar-refractivity contribution is 8.03. The molecule has 0 bridgehead atoms. The number of thioether (sulfide) groups is 1. The van der Waals surface area contributed by atoms with E-state index in [1.54, 1.807) is 31.4 Å². The predicted molar refractivity (Wildman–Crippen MR) is 128 cm³/mol. The van der Waals surface area contributed by atoms with E-state index >= 15 is 0 Å². The van der Waals surface area contributed by atoms with E-state index in [0.717, 1.165) is 11.1 Å². The van der Waals surface area contributed by atoms with Gasteiger partial charge in [-0.2, -0.15) is 0 Å². The van der Waals surface area contributed by atoms with E-state index in [4.69, 9.17) is 9.47 Å². The first-order chi connectivity index (χ1) is 15.5. The Bertz CT molecular complexity index is 1200. The predicted octanol–water partition coefficient (Wildman–Crippen LogP) is 5.23. The third-order valence-electron chi connectivity index (χ3n) is 5.22. The number of rotatable bonds is 7. The number of nitrogens with zero attached hydrogens (tertiary/aromatic N) is 1. The molecule has 0 N–H and O–H groups in total. The molecule has 4 rings (SSSR count). The Balaban J connectivity index is 1.82. The first kappa shape index (κ1) is 21.7. The second-order valence-electron chi connectivity index (χ2n) is 7.30. The van der Waals surface area contributed by atoms with Crippen molar-refractivity contribution < 1.29 is 19.1 Å². The van der Waals surface area contributed by atoms with Gasteiger partial charge in [0.15, 0.2) is 0 Å². The standard InChI is InChI=1S/C26H23NO4S/c1-17-13-14-22(31-3)20(15-17)27-25(28)23(19-11-7-8-12-21(19)30-2)24(26(27)29)32-16-18-9-5-4-6-10-18/h4-15H,16H2,1-3H3. The summed E-state index contributed by atoms with van der Waals surface area (Å²) in [6, 6.07) is 22.6. The summed E-state index contributed by atoms with van der Waals surface area (Å²) in [7, 11) is 3.08. The Morgan fingerprint density at radius 1 is 0.812 bits per heavy atom. The maximum absolute atomic E-state index is 13.7. The van der Waals surface area contributed by atoms with Crippen molar-refractivity contribution in [3.8, 4) is 11.5 Å². The zero-order valence-electron chi connectivity index (χ0n) is 18.1. The number of amides is 2. The molecular formula is C26H23NO4S. The fraction of sp³-hybridized carbons (Fsp3) is 0.154. The van der Waals surface area contributed by atoms with Crippen LogP contribution in [0.2, 0.25) is 0 Å². The maximum Gasteiger partial charge on any atom is 0.272 e. The Hall–Kier alpha value is -3.51. The van der Waals surface area contributed by atoms with Gasteiger partial charge in [0.25, 0.3) is 11.8 Å². The van der Waals surface area contributed by atoms with Crippen LogP contribution in [0, 0.1) is 6.92 Å². The van der Waals surface area contributed by atoms with Crippen LogP contribution in [0.3, 0.4) is 0 Å². The molecule has 32 heavy (non-hydrogen) atoms. The summed E-state index contributed by atoms with van der Waals surface area (Å²) in [5, 5.41) is 0. The minimum atomic E-state index is -0.390. The number of hydrogen-bond donors (Lipinski definition) is 0. The molecule has 0 saturated heterocycles. The Labute approximate surface area is 191 Å². The summed E-state index contributed by atoms with van der Waals surface area (Å²) >= 11 is 1.36. The zero-order chi connectivity index (χ0) is 22.7. The molecule has 0 spiro atoms. The molecule has 3 aromatic carbocycles. The highest BCUT2D eigenvalue weighted by Crippen LogP contribution is 2.44. The van der Waals surface area contributed by atoms with E-state index in [9.17, 15) is 9.59 Å². The second kappa shape index (κ2) is 9.32. The van der Waals surface area contributed by atoms with Gasteiger partial charge in [-0.3, -0.25) is 9.59 Å². The number of anilines is 1. The number of para-hydroxylation sites is 1. The van der Waals surface area contributed by atoms with Gasteiger partial charge in [-0.15, -0.1) is 11.8 Å². The van der Waals surface area contributed by atoms with Crippen molar-refractivity contribution in [2.75, 3.05) is 19.1 Å². The van der Waals surface area contributed by atoms with Gasteiger partial charge in [-0.25, -0.2) is 4.90 Å². The molecule has 0 saturated carbocycles. The highest BCUT2D eigenvalue weighted by Gasteiger charge is 2.42. The van der Waals surface area contributed by atoms with Gasteiger partial charge in [0.05, 0.1) is 30.4 Å². The van der Waals surface area contributed by atoms with Crippen LogP contribution >= 0.6 is 11.8 Å². The Morgan fingerprint density at radius 3 is 2.22 bits per heavy atom. The Morgan fingerprint density at radius 2 is 1.50 bits per heavy atom. The topological polar surface area (TPSA) is 55.8 Å². The van der Waals surface area contributed by atoms with Gasteiger partial charge in [0.2, 0.25) is 0 Å². The van der Waals surface area contributed by atoms with Crippen molar-refractivity contribution in [2.24, 2.45) is 0 Å². The van der Waals surface area contributed by atoms with Crippen LogP contribution in [0.4, 0.5) is 5.69 Å². The summed E-state index contributed by atoms with van der Waals surface area (Å²) in [6.07, 6.45) is 0. The average Bonchev–Trinajstić information content (AvgIpc) is 3.07. The lowest BCUT2D eigenvalue weighted by atomic mass is 10.0. The first-order valence-electron chi connectivity index (χ1n) is 10.1. The number of benzene rings is 3. The van der Waals surface area contributed by atoms with Crippen LogP contribution in [0.15, 0.2) is 77.7 Å². The normalized spacial score (nSPS) is 13.7. The van der Waals surface area contributed by atoms with Gasteiger partial charge in [0, 0.05) is 11.3 Å². The van der Waals surface area contributed by atoms with Crippen molar-refractivity contribution in [2.45, 2.75) is 12.7 Å². The smallest absolute Gasteiger partial charge is 0.272 e. The number of imide groups is 1. The van der Waals surface area contributed by atoms with E-state index in [0.29, 0.717) is 39.0 Å². The highest BCUT2D eigenvalue weighted by atomic mass is 32.2. The number of carbonyl (C=O) groups excluding carboxylic acids is 2. The van der Waals surface area contributed by atoms with E-state index in [2.05, 4.69) is 0 Å². The Kier molecular flexibility index (Phi) is 6.32. The lowest BCUT2D eigenvalue weighted by Crippen LogP contribution is -2.31. The number of aryl methyl sites for hydroxylation is 1. The third-order valence-corrected chi connectivity index (χ3v) is 6.36. The summed E-state index contributed by atoms with van der Waals surface area (Å²) < 4.78 is 11.0. The molecule has 0 radical (unpaired) electrons. The van der Waals surface area contributed by atoms with E-state index in [-0.39, 0.29) is 11.8 Å². The molecule has 2 amide bonds. The average molecular weight is 446 g/mol. The molecule has 6 heteroatoms. The minimum Gasteiger partial charge on any atom is -0.496 e. The van der Waals surface area contributed by atoms with Gasteiger partial charge in [-0.05, 0) is 36.2 Å². The summed E-state index contributed by atoms with van der Waals surface area (Å²) in [5.41, 5.74) is 3.36. The van der Waals surface area contributed by atoms with E-state index < -0.39 is 0 Å². The molecule has 0 aliphatic carbocycles. The quantitative estimate of drug-likeness (QED) is 0.466. The summed E-state index contributed by atoms with van der Waals surface area (Å²) in [4.78, 5) is 28.9. The van der Waals surface area contributed by atoms with Gasteiger partial charge in [0.1, 0.15) is 11.5 Å². The molecule has 1 heterocycles. The second-order valence-corrected chi connectivity index (χ2v) is 8.29. The minimum absolute atomic E-state index is 0.344. The largest absolute Gasteiger partial charge is 0.496 e. The lowest BCUT2D eigenvalue weighted by molar-refractivity contribution is -0.119. The van der Waals surface area contributed by atoms with Crippen LogP contribution < -0.4 is 14.4 Å². The van der Waals surface area contributed by atoms with E-state index in [1.165, 1.54) is 23.8 Å². The molecule has 0 atom stereocenters. The van der Waals surface area contributed by atoms with Crippen LogP contribution in [-0.2, 0) is 15.3 Å². The maximum atomic E-state index is 13.7. The van der Waals surface area contributed by atoms with Gasteiger partial charge < -0.3 is 9.47 Å². The van der Waals surface area contributed by atoms with Crippen LogP contribution in [0.5, 0.6) is 11.5 Å². The molecular weight excluding hydrogens is 422 g/mol. The summed E-state index contributed by atoms with van der Waals surface area (Å²) in [5.74, 6) is 0.817. The van der Waals surface area contributed by atoms with Crippen molar-refractivity contribution in [1.29, 1.82) is 0 Å². The molecule has 0 fully saturated rings. The fourth-order valence-corrected chi connectivity index (χ4v) is 4.72. The SMILES string of the molecule is COc1ccccc1C1=C(SCc2ccccc2)C(=O)N(c2cc(C)ccc2OC)C1=O. The number of carbonyl (C=O) groups is 2. The monoisotopic (exact) mass is 445 g/mol. The van der Waals surface area contributed by atoms with Gasteiger partial charge >= 0.3 is 0 Å². The first-order valence-corrected chi connectivity index (χ1v) is 11.1. The fourth-order valence-electron chi connectivity index (χ4n) is 3.66. The third kappa shape index (κ3) is 4.01. The molecule has 162 valence electrons. The zero-order valence-corrected chi connectivity index (χ0v) is 18.9. The lowest BCUT2D eigenvalue weighted by Gasteiger charge is -2.19. The van der Waals surface area contributed by atoms with Crippen molar-refractivity contribution in [1.82, 2.24) is 0 Å². The van der Waals surface area contributed by atoms with E-state index in [1.807, 2.05) is 55.5 Å². The van der Waals surface area contributed by atoms with Crippen molar-refractivity contribution >= 4 is 34.8 Å². The van der Waals surface area contributed by atoms with Crippen LogP contribution in [0.1, 0.15) is 16.7 Å². The molecule has 1 aliphatic rings. The molecule has 5 nitrogen and oxygen atoms in total. The number of ether oxygens (including phenoxy) is 2. The van der Waals surface area contributed by atoms with Crippen LogP contribution in [0.25, 0.3) is 5.57 Å². The molecule has 1 aliphatic heterocycles. The van der Waals surface area contributed by atoms with Crippen molar-refractivity contribution in [3.05, 3.63) is 94.4 Å². The summed E-state index contributed by atoms with van der Waals surface area (Å²) in [6.45, 7) is 1.91. The molecule has 0 aromatic heterocycles. The molecule has 3 aromatic rings. The van der Waals surface area contributed by atoms with Crippen LogP contribution in [-0.4, -0.2) is 26.0 Å². The van der Waals surface area contributed by atoms with Crippen molar-refractivity contribution in [3.63, 3.8) is 0 Å². The van der Waals surface area contributed by atoms with Gasteiger partial charge in [-0.1, -0.05) is 54.6 Å². The molecule has 0 unspecified atom stereocenters. The number of hydrogen-bond acceptors (Lipinski definition) is 5. The number of methoxy groups -OCH3 is 2.